The van der Waals surface area contributed by atoms with Gasteiger partial charge >= 0.3 is 0 Å². The van der Waals surface area contributed by atoms with E-state index >= 15 is 0 Å². The van der Waals surface area contributed by atoms with E-state index in [4.69, 9.17) is 20.9 Å². The molecule has 2 unspecified atom stereocenters. The van der Waals surface area contributed by atoms with Crippen LogP contribution in [0.5, 0.6) is 0 Å². The molecule has 1 saturated heterocycles. The molecule has 1 aliphatic heterocycles. The lowest BCUT2D eigenvalue weighted by molar-refractivity contribution is -0.0149. The van der Waals surface area contributed by atoms with Gasteiger partial charge in [0.25, 0.3) is 0 Å². The number of rotatable bonds is 3. The average molecular weight is 295 g/mol. The molecule has 2 aromatic rings. The molecule has 1 aromatic heterocycles. The third-order valence-corrected chi connectivity index (χ3v) is 3.61. The molecule has 3 rings (SSSR count). The highest BCUT2D eigenvalue weighted by atomic mass is 35.5. The summed E-state index contributed by atoms with van der Waals surface area (Å²) in [5.41, 5.74) is 1.02. The van der Waals surface area contributed by atoms with Crippen LogP contribution in [0.25, 0.3) is 0 Å². The van der Waals surface area contributed by atoms with Crippen LogP contribution < -0.4 is 0 Å². The minimum absolute atomic E-state index is 0.232. The number of nitrogens with zero attached hydrogens (tertiary/aromatic N) is 2. The largest absolute Gasteiger partial charge is 0.392 e. The van der Waals surface area contributed by atoms with E-state index < -0.39 is 6.10 Å². The van der Waals surface area contributed by atoms with Crippen molar-refractivity contribution >= 4 is 11.6 Å². The zero-order chi connectivity index (χ0) is 13.9. The Labute approximate surface area is 121 Å². The van der Waals surface area contributed by atoms with Gasteiger partial charge in [0.05, 0.1) is 18.6 Å². The molecule has 5 nitrogen and oxygen atoms in total. The lowest BCUT2D eigenvalue weighted by atomic mass is 9.99. The number of hydrogen-bond acceptors (Lipinski definition) is 5. The number of halogens is 1. The van der Waals surface area contributed by atoms with Crippen LogP contribution in [-0.2, 0) is 11.2 Å². The van der Waals surface area contributed by atoms with E-state index in [-0.39, 0.29) is 5.92 Å². The highest BCUT2D eigenvalue weighted by Gasteiger charge is 2.30. The summed E-state index contributed by atoms with van der Waals surface area (Å²) in [6.45, 7) is 0.987. The minimum atomic E-state index is -0.483. The van der Waals surface area contributed by atoms with Crippen molar-refractivity contribution in [1.29, 1.82) is 0 Å². The minimum Gasteiger partial charge on any atom is -0.392 e. The van der Waals surface area contributed by atoms with Crippen LogP contribution in [0.15, 0.2) is 28.8 Å². The second-order valence-corrected chi connectivity index (χ2v) is 5.33. The molecule has 20 heavy (non-hydrogen) atoms. The van der Waals surface area contributed by atoms with Crippen molar-refractivity contribution in [3.63, 3.8) is 0 Å². The fraction of sp³-hybridized carbons (Fsp3) is 0.429. The van der Waals surface area contributed by atoms with E-state index in [1.165, 1.54) is 0 Å². The van der Waals surface area contributed by atoms with Gasteiger partial charge in [-0.2, -0.15) is 4.98 Å². The van der Waals surface area contributed by atoms with Gasteiger partial charge in [-0.1, -0.05) is 28.9 Å². The van der Waals surface area contributed by atoms with Crippen LogP contribution in [-0.4, -0.2) is 34.6 Å². The highest BCUT2D eigenvalue weighted by molar-refractivity contribution is 6.30. The van der Waals surface area contributed by atoms with E-state index in [0.29, 0.717) is 42.8 Å². The first-order valence-corrected chi connectivity index (χ1v) is 6.93. The topological polar surface area (TPSA) is 68.4 Å². The lowest BCUT2D eigenvalue weighted by Gasteiger charge is -2.24. The first-order chi connectivity index (χ1) is 9.72. The summed E-state index contributed by atoms with van der Waals surface area (Å²) in [6, 6.07) is 7.54. The van der Waals surface area contributed by atoms with Crippen LogP contribution >= 0.6 is 11.6 Å². The number of hydrogen-bond donors (Lipinski definition) is 1. The van der Waals surface area contributed by atoms with Gasteiger partial charge in [0, 0.05) is 18.1 Å². The summed E-state index contributed by atoms with van der Waals surface area (Å²) in [4.78, 5) is 4.35. The Morgan fingerprint density at radius 3 is 3.10 bits per heavy atom. The Kier molecular flexibility index (Phi) is 4.00. The standard InChI is InChI=1S/C14H15ClN2O3/c15-10-3-1-2-9(6-10)7-13-16-14(20-17-13)11-8-19-5-4-12(11)18/h1-3,6,11-12,18H,4-5,7-8H2. The van der Waals surface area contributed by atoms with Gasteiger partial charge in [-0.3, -0.25) is 0 Å². The van der Waals surface area contributed by atoms with E-state index in [1.54, 1.807) is 0 Å². The maximum absolute atomic E-state index is 9.93. The Balaban J connectivity index is 1.73. The second kappa shape index (κ2) is 5.91. The second-order valence-electron chi connectivity index (χ2n) is 4.89. The van der Waals surface area contributed by atoms with E-state index in [1.807, 2.05) is 24.3 Å². The summed E-state index contributed by atoms with van der Waals surface area (Å²) in [5, 5.41) is 14.6. The Morgan fingerprint density at radius 2 is 2.30 bits per heavy atom. The Hall–Kier alpha value is -1.43. The number of aliphatic hydroxyl groups is 1. The lowest BCUT2D eigenvalue weighted by Crippen LogP contribution is -2.30. The van der Waals surface area contributed by atoms with Gasteiger partial charge < -0.3 is 14.4 Å². The smallest absolute Gasteiger partial charge is 0.234 e. The summed E-state index contributed by atoms with van der Waals surface area (Å²) in [7, 11) is 0. The van der Waals surface area contributed by atoms with E-state index in [9.17, 15) is 5.11 Å². The summed E-state index contributed by atoms with van der Waals surface area (Å²) < 4.78 is 10.6. The van der Waals surface area contributed by atoms with Gasteiger partial charge in [-0.25, -0.2) is 0 Å². The van der Waals surface area contributed by atoms with Gasteiger partial charge in [0.2, 0.25) is 5.89 Å². The molecule has 0 saturated carbocycles. The fourth-order valence-electron chi connectivity index (χ4n) is 2.28. The molecule has 106 valence electrons. The molecular weight excluding hydrogens is 280 g/mol. The van der Waals surface area contributed by atoms with Crippen LogP contribution in [0, 0.1) is 0 Å². The van der Waals surface area contributed by atoms with Crippen LogP contribution in [0.3, 0.4) is 0 Å². The van der Waals surface area contributed by atoms with Crippen molar-refractivity contribution < 1.29 is 14.4 Å². The van der Waals surface area contributed by atoms with Crippen molar-refractivity contribution in [1.82, 2.24) is 10.1 Å². The normalized spacial score (nSPS) is 22.9. The zero-order valence-corrected chi connectivity index (χ0v) is 11.6. The molecule has 1 fully saturated rings. The highest BCUT2D eigenvalue weighted by Crippen LogP contribution is 2.25. The van der Waals surface area contributed by atoms with Crippen molar-refractivity contribution in [2.24, 2.45) is 0 Å². The molecule has 2 heterocycles. The third-order valence-electron chi connectivity index (χ3n) is 3.37. The number of ether oxygens (including phenoxy) is 1. The van der Waals surface area contributed by atoms with Crippen molar-refractivity contribution in [3.8, 4) is 0 Å². The molecule has 0 amide bonds. The molecule has 6 heteroatoms. The number of aliphatic hydroxyl groups excluding tert-OH is 1. The quantitative estimate of drug-likeness (QED) is 0.939. The summed E-state index contributed by atoms with van der Waals surface area (Å²) >= 11 is 5.94. The van der Waals surface area contributed by atoms with Crippen molar-refractivity contribution in [3.05, 3.63) is 46.6 Å². The molecular formula is C14H15ClN2O3. The Bertz CT molecular complexity index is 587. The zero-order valence-electron chi connectivity index (χ0n) is 10.8. The molecule has 2 atom stereocenters. The molecule has 1 aliphatic rings. The van der Waals surface area contributed by atoms with Crippen molar-refractivity contribution in [2.75, 3.05) is 13.2 Å². The van der Waals surface area contributed by atoms with Crippen molar-refractivity contribution in [2.45, 2.75) is 24.9 Å². The summed E-state index contributed by atoms with van der Waals surface area (Å²) in [6.07, 6.45) is 0.660. The average Bonchev–Trinajstić information content (AvgIpc) is 2.87. The van der Waals surface area contributed by atoms with Crippen LogP contribution in [0.1, 0.15) is 29.6 Å². The predicted octanol–water partition coefficient (Wildman–Crippen LogP) is 2.18. The van der Waals surface area contributed by atoms with Crippen LogP contribution in [0.4, 0.5) is 0 Å². The molecule has 0 aliphatic carbocycles. The molecule has 1 aromatic carbocycles. The first kappa shape index (κ1) is 13.5. The third kappa shape index (κ3) is 3.00. The molecule has 0 radical (unpaired) electrons. The molecule has 1 N–H and O–H groups in total. The molecule has 0 spiro atoms. The fourth-order valence-corrected chi connectivity index (χ4v) is 2.49. The monoisotopic (exact) mass is 294 g/mol. The van der Waals surface area contributed by atoms with Gasteiger partial charge in [0.15, 0.2) is 5.82 Å². The van der Waals surface area contributed by atoms with E-state index in [2.05, 4.69) is 10.1 Å². The SMILES string of the molecule is OC1CCOCC1c1nc(Cc2cccc(Cl)c2)no1. The number of benzene rings is 1. The first-order valence-electron chi connectivity index (χ1n) is 6.55. The van der Waals surface area contributed by atoms with Gasteiger partial charge in [-0.15, -0.1) is 0 Å². The Morgan fingerprint density at radius 1 is 1.40 bits per heavy atom. The van der Waals surface area contributed by atoms with Crippen LogP contribution in [0.2, 0.25) is 5.02 Å². The van der Waals surface area contributed by atoms with Gasteiger partial charge in [-0.05, 0) is 24.1 Å². The van der Waals surface area contributed by atoms with E-state index in [0.717, 1.165) is 5.56 Å². The van der Waals surface area contributed by atoms with Gasteiger partial charge in [0.1, 0.15) is 0 Å². The maximum Gasteiger partial charge on any atom is 0.234 e. The molecule has 0 bridgehead atoms. The maximum atomic E-state index is 9.93. The predicted molar refractivity (Wildman–Crippen MR) is 72.7 cm³/mol. The summed E-state index contributed by atoms with van der Waals surface area (Å²) in [5.74, 6) is 0.790. The number of aromatic nitrogens is 2.